The Morgan fingerprint density at radius 2 is 2.09 bits per heavy atom. The van der Waals surface area contributed by atoms with E-state index in [0.717, 1.165) is 24.8 Å². The summed E-state index contributed by atoms with van der Waals surface area (Å²) in [7, 11) is 0. The molecular formula is C16H21Cl3N2O. The molecule has 3 unspecified atom stereocenters. The number of benzene rings is 1. The van der Waals surface area contributed by atoms with E-state index in [1.807, 2.05) is 19.1 Å². The quantitative estimate of drug-likeness (QED) is 0.837. The fourth-order valence-corrected chi connectivity index (χ4v) is 3.50. The molecule has 0 aliphatic heterocycles. The van der Waals surface area contributed by atoms with E-state index >= 15 is 0 Å². The van der Waals surface area contributed by atoms with Gasteiger partial charge in [0, 0.05) is 12.5 Å². The molecule has 0 radical (unpaired) electrons. The smallest absolute Gasteiger partial charge is 0.224 e. The topological polar surface area (TPSA) is 55.1 Å². The first-order valence-electron chi connectivity index (χ1n) is 7.42. The second-order valence-corrected chi connectivity index (χ2v) is 7.26. The van der Waals surface area contributed by atoms with E-state index in [9.17, 15) is 4.79 Å². The zero-order chi connectivity index (χ0) is 15.2. The SMILES string of the molecule is CC(CN)(NC(=O)C1CC1c1cccc(Cl)c1Cl)C1CC1.Cl. The van der Waals surface area contributed by atoms with Gasteiger partial charge in [0.1, 0.15) is 0 Å². The van der Waals surface area contributed by atoms with Crippen LogP contribution >= 0.6 is 35.6 Å². The Hall–Kier alpha value is -0.480. The van der Waals surface area contributed by atoms with E-state index in [1.165, 1.54) is 0 Å². The van der Waals surface area contributed by atoms with Gasteiger partial charge in [-0.15, -0.1) is 12.4 Å². The molecule has 0 bridgehead atoms. The number of rotatable bonds is 5. The minimum atomic E-state index is -0.262. The lowest BCUT2D eigenvalue weighted by atomic mass is 9.95. The summed E-state index contributed by atoms with van der Waals surface area (Å²) in [4.78, 5) is 12.4. The van der Waals surface area contributed by atoms with Crippen LogP contribution in [-0.2, 0) is 4.79 Å². The maximum absolute atomic E-state index is 12.4. The van der Waals surface area contributed by atoms with Gasteiger partial charge in [0.05, 0.1) is 15.6 Å². The second-order valence-electron chi connectivity index (χ2n) is 6.48. The maximum Gasteiger partial charge on any atom is 0.224 e. The van der Waals surface area contributed by atoms with Crippen molar-refractivity contribution in [3.63, 3.8) is 0 Å². The molecule has 22 heavy (non-hydrogen) atoms. The first-order chi connectivity index (χ1) is 9.96. The van der Waals surface area contributed by atoms with Crippen molar-refractivity contribution in [3.05, 3.63) is 33.8 Å². The fourth-order valence-electron chi connectivity index (χ4n) is 3.05. The van der Waals surface area contributed by atoms with Crippen LogP contribution in [0.2, 0.25) is 10.0 Å². The summed E-state index contributed by atoms with van der Waals surface area (Å²) in [5.74, 6) is 0.789. The molecule has 0 aromatic heterocycles. The van der Waals surface area contributed by atoms with Crippen molar-refractivity contribution in [2.75, 3.05) is 6.54 Å². The lowest BCUT2D eigenvalue weighted by Crippen LogP contribution is -2.53. The molecule has 122 valence electrons. The summed E-state index contributed by atoms with van der Waals surface area (Å²) < 4.78 is 0. The first-order valence-corrected chi connectivity index (χ1v) is 8.18. The zero-order valence-electron chi connectivity index (χ0n) is 12.4. The van der Waals surface area contributed by atoms with Crippen molar-refractivity contribution < 1.29 is 4.79 Å². The lowest BCUT2D eigenvalue weighted by Gasteiger charge is -2.29. The number of nitrogens with one attached hydrogen (secondary N) is 1. The predicted molar refractivity (Wildman–Crippen MR) is 92.9 cm³/mol. The fraction of sp³-hybridized carbons (Fsp3) is 0.562. The lowest BCUT2D eigenvalue weighted by molar-refractivity contribution is -0.124. The summed E-state index contributed by atoms with van der Waals surface area (Å²) in [5.41, 5.74) is 6.57. The third-order valence-corrected chi connectivity index (χ3v) is 5.65. The molecular weight excluding hydrogens is 343 g/mol. The summed E-state index contributed by atoms with van der Waals surface area (Å²) in [5, 5.41) is 4.28. The molecule has 3 N–H and O–H groups in total. The van der Waals surface area contributed by atoms with E-state index in [-0.39, 0.29) is 35.7 Å². The van der Waals surface area contributed by atoms with Crippen molar-refractivity contribution >= 4 is 41.5 Å². The van der Waals surface area contributed by atoms with Crippen molar-refractivity contribution in [2.45, 2.75) is 37.6 Å². The summed E-state index contributed by atoms with van der Waals surface area (Å²) >= 11 is 12.3. The minimum Gasteiger partial charge on any atom is -0.349 e. The van der Waals surface area contributed by atoms with E-state index in [4.69, 9.17) is 28.9 Å². The van der Waals surface area contributed by atoms with E-state index in [0.29, 0.717) is 22.5 Å². The molecule has 1 aromatic rings. The van der Waals surface area contributed by atoms with Crippen molar-refractivity contribution in [1.29, 1.82) is 0 Å². The van der Waals surface area contributed by atoms with Crippen LogP contribution in [0.3, 0.4) is 0 Å². The van der Waals surface area contributed by atoms with Crippen LogP contribution in [0, 0.1) is 11.8 Å². The van der Waals surface area contributed by atoms with Gasteiger partial charge in [-0.3, -0.25) is 4.79 Å². The Morgan fingerprint density at radius 3 is 2.68 bits per heavy atom. The number of hydrogen-bond donors (Lipinski definition) is 2. The average molecular weight is 364 g/mol. The highest BCUT2D eigenvalue weighted by atomic mass is 35.5. The first kappa shape index (κ1) is 17.9. The summed E-state index contributed by atoms with van der Waals surface area (Å²) in [6, 6.07) is 5.60. The van der Waals surface area contributed by atoms with Crippen LogP contribution in [0.15, 0.2) is 18.2 Å². The van der Waals surface area contributed by atoms with Crippen LogP contribution in [-0.4, -0.2) is 18.0 Å². The molecule has 3 atom stereocenters. The molecule has 2 aliphatic carbocycles. The van der Waals surface area contributed by atoms with Gasteiger partial charge < -0.3 is 11.1 Å². The maximum atomic E-state index is 12.4. The summed E-state index contributed by atoms with van der Waals surface area (Å²) in [6.07, 6.45) is 3.14. The van der Waals surface area contributed by atoms with Gasteiger partial charge in [-0.1, -0.05) is 35.3 Å². The number of nitrogens with two attached hydrogens (primary N) is 1. The van der Waals surface area contributed by atoms with Crippen molar-refractivity contribution in [2.24, 2.45) is 17.6 Å². The normalized spacial score (nSPS) is 25.8. The Morgan fingerprint density at radius 1 is 1.41 bits per heavy atom. The molecule has 2 saturated carbocycles. The molecule has 1 aromatic carbocycles. The molecule has 2 aliphatic rings. The van der Waals surface area contributed by atoms with Crippen molar-refractivity contribution in [3.8, 4) is 0 Å². The zero-order valence-corrected chi connectivity index (χ0v) is 14.8. The highest BCUT2D eigenvalue weighted by Gasteiger charge is 2.49. The van der Waals surface area contributed by atoms with E-state index < -0.39 is 0 Å². The minimum absolute atomic E-state index is 0. The van der Waals surface area contributed by atoms with Crippen LogP contribution in [0.4, 0.5) is 0 Å². The van der Waals surface area contributed by atoms with Crippen LogP contribution in [0.5, 0.6) is 0 Å². The van der Waals surface area contributed by atoms with E-state index in [2.05, 4.69) is 5.32 Å². The molecule has 1 amide bonds. The number of carbonyl (C=O) groups is 1. The predicted octanol–water partition coefficient (Wildman–Crippen LogP) is 3.76. The molecule has 6 heteroatoms. The molecule has 3 rings (SSSR count). The monoisotopic (exact) mass is 362 g/mol. The van der Waals surface area contributed by atoms with Gasteiger partial charge in [-0.05, 0) is 49.7 Å². The molecule has 2 fully saturated rings. The average Bonchev–Trinajstić information content (AvgIpc) is 3.33. The number of carbonyl (C=O) groups excluding carboxylic acids is 1. The van der Waals surface area contributed by atoms with Gasteiger partial charge in [0.15, 0.2) is 0 Å². The highest BCUT2D eigenvalue weighted by molar-refractivity contribution is 6.42. The van der Waals surface area contributed by atoms with Gasteiger partial charge in [0.2, 0.25) is 5.91 Å². The summed E-state index contributed by atoms with van der Waals surface area (Å²) in [6.45, 7) is 2.53. The van der Waals surface area contributed by atoms with Crippen molar-refractivity contribution in [1.82, 2.24) is 5.32 Å². The Labute approximate surface area is 147 Å². The number of halogens is 3. The highest BCUT2D eigenvalue weighted by Crippen LogP contribution is 2.51. The molecule has 0 spiro atoms. The molecule has 3 nitrogen and oxygen atoms in total. The van der Waals surface area contributed by atoms with E-state index in [1.54, 1.807) is 6.07 Å². The van der Waals surface area contributed by atoms with Crippen LogP contribution in [0.25, 0.3) is 0 Å². The Balaban J connectivity index is 0.00000176. The van der Waals surface area contributed by atoms with Gasteiger partial charge in [0.25, 0.3) is 0 Å². The number of amides is 1. The van der Waals surface area contributed by atoms with Gasteiger partial charge in [-0.25, -0.2) is 0 Å². The van der Waals surface area contributed by atoms with Gasteiger partial charge in [-0.2, -0.15) is 0 Å². The largest absolute Gasteiger partial charge is 0.349 e. The second kappa shape index (κ2) is 6.56. The van der Waals surface area contributed by atoms with Crippen LogP contribution in [0.1, 0.15) is 37.7 Å². The standard InChI is InChI=1S/C16H20Cl2N2O.ClH/c1-16(8-19,9-5-6-9)20-15(21)12-7-11(12)10-3-2-4-13(17)14(10)18;/h2-4,9,11-12H,5-8,19H2,1H3,(H,20,21);1H. The number of hydrogen-bond acceptors (Lipinski definition) is 2. The Kier molecular flexibility index (Phi) is 5.33. The van der Waals surface area contributed by atoms with Gasteiger partial charge >= 0.3 is 0 Å². The third kappa shape index (κ3) is 3.38. The third-order valence-electron chi connectivity index (χ3n) is 4.82. The van der Waals surface area contributed by atoms with Crippen LogP contribution < -0.4 is 11.1 Å². The Bertz CT molecular complexity index is 577. The molecule has 0 saturated heterocycles. The molecule has 0 heterocycles.